The van der Waals surface area contributed by atoms with E-state index in [9.17, 15) is 13.2 Å². The summed E-state index contributed by atoms with van der Waals surface area (Å²) in [6.07, 6.45) is 0.634. The molecule has 31 heavy (non-hydrogen) atoms. The molecule has 0 heterocycles. The van der Waals surface area contributed by atoms with Crippen molar-refractivity contribution in [2.24, 2.45) is 0 Å². The van der Waals surface area contributed by atoms with E-state index in [1.165, 1.54) is 12.1 Å². The van der Waals surface area contributed by atoms with Crippen LogP contribution in [0.4, 0.5) is 5.69 Å². The van der Waals surface area contributed by atoms with Crippen LogP contribution in [0.5, 0.6) is 0 Å². The summed E-state index contributed by atoms with van der Waals surface area (Å²) in [5.41, 5.74) is 2.02. The van der Waals surface area contributed by atoms with Gasteiger partial charge in [-0.2, -0.15) is 0 Å². The molecule has 0 bridgehead atoms. The Morgan fingerprint density at radius 1 is 0.871 bits per heavy atom. The van der Waals surface area contributed by atoms with E-state index in [-0.39, 0.29) is 17.3 Å². The molecule has 5 nitrogen and oxygen atoms in total. The monoisotopic (exact) mass is 436 g/mol. The third kappa shape index (κ3) is 5.95. The second-order valence-electron chi connectivity index (χ2n) is 8.25. The summed E-state index contributed by atoms with van der Waals surface area (Å²) >= 11 is 0. The number of nitrogens with one attached hydrogen (secondary N) is 1. The lowest BCUT2D eigenvalue weighted by atomic mass is 9.95. The second kappa shape index (κ2) is 9.35. The summed E-state index contributed by atoms with van der Waals surface area (Å²) < 4.78 is 27.9. The van der Waals surface area contributed by atoms with Crippen molar-refractivity contribution in [3.63, 3.8) is 0 Å². The molecule has 0 fully saturated rings. The summed E-state index contributed by atoms with van der Waals surface area (Å²) in [4.78, 5) is 13.1. The minimum atomic E-state index is -3.90. The fraction of sp³-hybridized carbons (Fsp3) is 0.240. The minimum Gasteiger partial charge on any atom is -0.349 e. The van der Waals surface area contributed by atoms with E-state index in [0.717, 1.165) is 15.4 Å². The van der Waals surface area contributed by atoms with Crippen LogP contribution in [0.15, 0.2) is 89.8 Å². The number of rotatable bonds is 8. The lowest BCUT2D eigenvalue weighted by Gasteiger charge is -2.29. The Balaban J connectivity index is 1.84. The van der Waals surface area contributed by atoms with Gasteiger partial charge in [0.25, 0.3) is 10.0 Å². The van der Waals surface area contributed by atoms with Crippen LogP contribution in [0.25, 0.3) is 0 Å². The third-order valence-corrected chi connectivity index (χ3v) is 6.70. The summed E-state index contributed by atoms with van der Waals surface area (Å²) in [6, 6.07) is 25.2. The maximum Gasteiger partial charge on any atom is 0.264 e. The van der Waals surface area contributed by atoms with Crippen LogP contribution in [0.3, 0.4) is 0 Å². The van der Waals surface area contributed by atoms with Crippen molar-refractivity contribution in [1.29, 1.82) is 0 Å². The molecule has 0 spiro atoms. The average Bonchev–Trinajstić information content (AvgIpc) is 2.73. The van der Waals surface area contributed by atoms with Crippen LogP contribution >= 0.6 is 0 Å². The van der Waals surface area contributed by atoms with Crippen molar-refractivity contribution in [3.05, 3.63) is 96.1 Å². The number of anilines is 1. The Morgan fingerprint density at radius 2 is 1.42 bits per heavy atom. The molecule has 0 saturated heterocycles. The number of nitrogens with zero attached hydrogens (tertiary/aromatic N) is 1. The number of amides is 1. The van der Waals surface area contributed by atoms with E-state index in [0.29, 0.717) is 12.1 Å². The molecule has 6 heteroatoms. The number of hydrogen-bond acceptors (Lipinski definition) is 3. The highest BCUT2D eigenvalue weighted by Crippen LogP contribution is 2.24. The summed E-state index contributed by atoms with van der Waals surface area (Å²) in [7, 11) is -3.90. The first-order valence-corrected chi connectivity index (χ1v) is 11.6. The fourth-order valence-corrected chi connectivity index (χ4v) is 4.89. The van der Waals surface area contributed by atoms with Gasteiger partial charge in [-0.25, -0.2) is 8.42 Å². The molecule has 3 rings (SSSR count). The van der Waals surface area contributed by atoms with Crippen LogP contribution in [0, 0.1) is 6.92 Å². The van der Waals surface area contributed by atoms with E-state index >= 15 is 0 Å². The van der Waals surface area contributed by atoms with Gasteiger partial charge in [-0.1, -0.05) is 66.2 Å². The zero-order valence-corrected chi connectivity index (χ0v) is 18.9. The fourth-order valence-electron chi connectivity index (χ4n) is 3.44. The van der Waals surface area contributed by atoms with Crippen LogP contribution in [-0.4, -0.2) is 26.4 Å². The number of benzene rings is 3. The first-order chi connectivity index (χ1) is 14.7. The van der Waals surface area contributed by atoms with Gasteiger partial charge in [0.15, 0.2) is 0 Å². The van der Waals surface area contributed by atoms with E-state index in [1.54, 1.807) is 30.3 Å². The molecule has 0 aliphatic carbocycles. The number of hydrogen-bond donors (Lipinski definition) is 1. The van der Waals surface area contributed by atoms with E-state index in [1.807, 2.05) is 63.2 Å². The van der Waals surface area contributed by atoms with E-state index < -0.39 is 15.6 Å². The third-order valence-electron chi connectivity index (χ3n) is 4.91. The summed E-state index contributed by atoms with van der Waals surface area (Å²) in [5.74, 6) is -0.360. The molecular weight excluding hydrogens is 408 g/mol. The van der Waals surface area contributed by atoms with Crippen molar-refractivity contribution in [2.45, 2.75) is 37.6 Å². The van der Waals surface area contributed by atoms with Crippen molar-refractivity contribution in [3.8, 4) is 0 Å². The molecule has 3 aromatic carbocycles. The Hall–Kier alpha value is -3.12. The lowest BCUT2D eigenvalue weighted by molar-refractivity contribution is -0.121. The normalized spacial score (nSPS) is 11.7. The molecule has 0 aromatic heterocycles. The average molecular weight is 437 g/mol. The smallest absolute Gasteiger partial charge is 0.264 e. The number of aryl methyl sites for hydroxylation is 1. The summed E-state index contributed by atoms with van der Waals surface area (Å²) in [6.45, 7) is 5.48. The lowest BCUT2D eigenvalue weighted by Crippen LogP contribution is -2.50. The highest BCUT2D eigenvalue weighted by molar-refractivity contribution is 7.92. The Labute approximate surface area is 184 Å². The van der Waals surface area contributed by atoms with Gasteiger partial charge in [0.1, 0.15) is 6.54 Å². The second-order valence-corrected chi connectivity index (χ2v) is 10.1. The largest absolute Gasteiger partial charge is 0.349 e. The number of carbonyl (C=O) groups is 1. The zero-order chi connectivity index (χ0) is 22.5. The standard InChI is InChI=1S/C25H28N2O3S/c1-20-14-16-22(17-15-20)27(31(29,30)23-12-8-5-9-13-23)19-24(28)26-25(2,3)18-21-10-6-4-7-11-21/h4-17H,18-19H2,1-3H3,(H,26,28). The molecule has 0 atom stereocenters. The zero-order valence-electron chi connectivity index (χ0n) is 18.1. The molecule has 3 aromatic rings. The van der Waals surface area contributed by atoms with E-state index in [2.05, 4.69) is 5.32 Å². The molecule has 0 unspecified atom stereocenters. The molecule has 1 amide bonds. The predicted octanol–water partition coefficient (Wildman–Crippen LogP) is 4.33. The van der Waals surface area contributed by atoms with Gasteiger partial charge in [0.05, 0.1) is 10.6 Å². The predicted molar refractivity (Wildman–Crippen MR) is 125 cm³/mol. The molecule has 162 valence electrons. The van der Waals surface area contributed by atoms with Crippen molar-refractivity contribution < 1.29 is 13.2 Å². The van der Waals surface area contributed by atoms with Crippen molar-refractivity contribution >= 4 is 21.6 Å². The highest BCUT2D eigenvalue weighted by Gasteiger charge is 2.29. The van der Waals surface area contributed by atoms with Crippen molar-refractivity contribution in [2.75, 3.05) is 10.8 Å². The Kier molecular flexibility index (Phi) is 6.81. The first kappa shape index (κ1) is 22.6. The van der Waals surface area contributed by atoms with Crippen LogP contribution in [0.1, 0.15) is 25.0 Å². The molecule has 0 aliphatic heterocycles. The minimum absolute atomic E-state index is 0.145. The van der Waals surface area contributed by atoms with Crippen LogP contribution < -0.4 is 9.62 Å². The Morgan fingerprint density at radius 3 is 2.00 bits per heavy atom. The molecular formula is C25H28N2O3S. The SMILES string of the molecule is Cc1ccc(N(CC(=O)NC(C)(C)Cc2ccccc2)S(=O)(=O)c2ccccc2)cc1. The topological polar surface area (TPSA) is 66.5 Å². The Bertz CT molecular complexity index is 1110. The van der Waals surface area contributed by atoms with Crippen LogP contribution in [0.2, 0.25) is 0 Å². The van der Waals surface area contributed by atoms with Gasteiger partial charge in [0.2, 0.25) is 5.91 Å². The maximum absolute atomic E-state index is 13.4. The van der Waals surface area contributed by atoms with Gasteiger partial charge in [0, 0.05) is 5.54 Å². The first-order valence-electron chi connectivity index (χ1n) is 10.2. The van der Waals surface area contributed by atoms with E-state index in [4.69, 9.17) is 0 Å². The molecule has 1 N–H and O–H groups in total. The number of sulfonamides is 1. The van der Waals surface area contributed by atoms with Gasteiger partial charge in [-0.15, -0.1) is 0 Å². The maximum atomic E-state index is 13.4. The van der Waals surface area contributed by atoms with Crippen molar-refractivity contribution in [1.82, 2.24) is 5.32 Å². The molecule has 0 saturated carbocycles. The quantitative estimate of drug-likeness (QED) is 0.572. The van der Waals surface area contributed by atoms with Gasteiger partial charge < -0.3 is 5.32 Å². The molecule has 0 aliphatic rings. The highest BCUT2D eigenvalue weighted by atomic mass is 32.2. The van der Waals surface area contributed by atoms with Crippen LogP contribution in [-0.2, 0) is 21.2 Å². The molecule has 0 radical (unpaired) electrons. The number of carbonyl (C=O) groups excluding carboxylic acids is 1. The van der Waals surface area contributed by atoms with Gasteiger partial charge in [-0.05, 0) is 57.0 Å². The van der Waals surface area contributed by atoms with Gasteiger partial charge in [-0.3, -0.25) is 9.10 Å². The summed E-state index contributed by atoms with van der Waals surface area (Å²) in [5, 5.41) is 2.99. The van der Waals surface area contributed by atoms with Gasteiger partial charge >= 0.3 is 0 Å².